The van der Waals surface area contributed by atoms with Crippen LogP contribution in [0.3, 0.4) is 0 Å². The van der Waals surface area contributed by atoms with Gasteiger partial charge in [0.25, 0.3) is 0 Å². The van der Waals surface area contributed by atoms with Crippen LogP contribution in [0.1, 0.15) is 84.8 Å². The standard InChI is InChI=1S/C33H44N4O6/c1-5-22-26(18-38)37-17-28(22)42-30-24(34-23-14-13-21(16-25(23)35-30)41-20-11-12-20)10-8-6-7-9-19-15-27(19)43-32(40)36-29(31(37)39)33(2,3)4/h13-14,16,18-20,22,26-29H,5-12,15,17H2,1-4H3,(H,36,40)/t19-,22+,26-,27-,28+,29-/m1/s1. The van der Waals surface area contributed by atoms with E-state index >= 15 is 0 Å². The minimum absolute atomic E-state index is 0.113. The van der Waals surface area contributed by atoms with Gasteiger partial charge in [0.2, 0.25) is 11.8 Å². The third-order valence-electron chi connectivity index (χ3n) is 9.29. The Morgan fingerprint density at radius 1 is 1.05 bits per heavy atom. The molecule has 2 bridgehead atoms. The average molecular weight is 593 g/mol. The Kier molecular flexibility index (Phi) is 8.22. The van der Waals surface area contributed by atoms with E-state index in [4.69, 9.17) is 24.2 Å². The summed E-state index contributed by atoms with van der Waals surface area (Å²) in [5, 5.41) is 2.84. The predicted molar refractivity (Wildman–Crippen MR) is 160 cm³/mol. The number of aryl methyl sites for hydroxylation is 1. The summed E-state index contributed by atoms with van der Waals surface area (Å²) in [6.45, 7) is 7.91. The normalized spacial score (nSPS) is 30.2. The molecule has 2 saturated carbocycles. The summed E-state index contributed by atoms with van der Waals surface area (Å²) in [6, 6.07) is 4.26. The Labute approximate surface area is 253 Å². The van der Waals surface area contributed by atoms with Gasteiger partial charge in [-0.25, -0.2) is 14.8 Å². The number of ether oxygens (including phenoxy) is 3. The number of amides is 2. The first kappa shape index (κ1) is 29.6. The number of benzene rings is 1. The molecule has 3 heterocycles. The second-order valence-electron chi connectivity index (χ2n) is 13.8. The van der Waals surface area contributed by atoms with Gasteiger partial charge >= 0.3 is 6.09 Å². The SMILES string of the molecule is CC[C@@H]1[C@@H]2CN(C(=O)[C@H](C(C)(C)C)NC(=O)O[C@@H]3C[C@H]3CCCCCc3nc4ccc(OC5CC5)cc4nc3O2)[C@@H]1C=O. The Morgan fingerprint density at radius 3 is 2.58 bits per heavy atom. The molecule has 1 saturated heterocycles. The van der Waals surface area contributed by atoms with Gasteiger partial charge in [-0.2, -0.15) is 0 Å². The van der Waals surface area contributed by atoms with Gasteiger partial charge in [-0.15, -0.1) is 0 Å². The van der Waals surface area contributed by atoms with E-state index in [9.17, 15) is 14.4 Å². The van der Waals surface area contributed by atoms with E-state index in [0.717, 1.165) is 68.2 Å². The van der Waals surface area contributed by atoms with E-state index in [1.165, 1.54) is 0 Å². The van der Waals surface area contributed by atoms with Gasteiger partial charge in [-0.1, -0.05) is 40.5 Å². The average Bonchev–Trinajstić information content (AvgIpc) is 3.89. The van der Waals surface area contributed by atoms with E-state index < -0.39 is 29.7 Å². The second kappa shape index (κ2) is 11.9. The van der Waals surface area contributed by atoms with Crippen LogP contribution < -0.4 is 14.8 Å². The zero-order valence-electron chi connectivity index (χ0n) is 25.7. The number of aldehydes is 1. The third-order valence-corrected chi connectivity index (χ3v) is 9.29. The molecule has 6 rings (SSSR count). The van der Waals surface area contributed by atoms with Crippen LogP contribution >= 0.6 is 0 Å². The first-order valence-corrected chi connectivity index (χ1v) is 16.0. The quantitative estimate of drug-likeness (QED) is 0.493. The molecule has 1 N–H and O–H groups in total. The van der Waals surface area contributed by atoms with Crippen LogP contribution in [0.2, 0.25) is 0 Å². The van der Waals surface area contributed by atoms with Crippen molar-refractivity contribution in [3.63, 3.8) is 0 Å². The van der Waals surface area contributed by atoms with E-state index in [2.05, 4.69) is 5.32 Å². The fourth-order valence-electron chi connectivity index (χ4n) is 6.50. The lowest BCUT2D eigenvalue weighted by molar-refractivity contribution is -0.139. The number of hydrogen-bond donors (Lipinski definition) is 1. The van der Waals surface area contributed by atoms with Crippen LogP contribution in [0.4, 0.5) is 4.79 Å². The van der Waals surface area contributed by atoms with Crippen molar-refractivity contribution >= 4 is 29.3 Å². The predicted octanol–water partition coefficient (Wildman–Crippen LogP) is 5.00. The summed E-state index contributed by atoms with van der Waals surface area (Å²) < 4.78 is 18.3. The second-order valence-corrected chi connectivity index (χ2v) is 13.8. The lowest BCUT2D eigenvalue weighted by Gasteiger charge is -2.34. The van der Waals surface area contributed by atoms with Crippen molar-refractivity contribution in [2.45, 2.75) is 116 Å². The molecule has 43 heavy (non-hydrogen) atoms. The lowest BCUT2D eigenvalue weighted by atomic mass is 9.85. The Hall–Kier alpha value is -3.43. The van der Waals surface area contributed by atoms with Gasteiger partial charge in [0.05, 0.1) is 29.7 Å². The summed E-state index contributed by atoms with van der Waals surface area (Å²) in [5.41, 5.74) is 1.67. The molecule has 2 aromatic rings. The van der Waals surface area contributed by atoms with Gasteiger partial charge in [0.1, 0.15) is 36.0 Å². The Morgan fingerprint density at radius 2 is 1.86 bits per heavy atom. The van der Waals surface area contributed by atoms with Gasteiger partial charge in [-0.05, 0) is 68.4 Å². The van der Waals surface area contributed by atoms with Gasteiger partial charge in [0, 0.05) is 12.0 Å². The third kappa shape index (κ3) is 6.58. The van der Waals surface area contributed by atoms with Gasteiger partial charge in [0.15, 0.2) is 0 Å². The highest BCUT2D eigenvalue weighted by Crippen LogP contribution is 2.39. The number of rotatable bonds is 4. The zero-order valence-corrected chi connectivity index (χ0v) is 25.7. The summed E-state index contributed by atoms with van der Waals surface area (Å²) >= 11 is 0. The molecule has 3 fully saturated rings. The fraction of sp³-hybridized carbons (Fsp3) is 0.667. The highest BCUT2D eigenvalue weighted by atomic mass is 16.6. The van der Waals surface area contributed by atoms with Crippen LogP contribution in [0.15, 0.2) is 18.2 Å². The molecule has 2 aliphatic heterocycles. The fourth-order valence-corrected chi connectivity index (χ4v) is 6.50. The molecule has 4 aliphatic rings. The van der Waals surface area contributed by atoms with Crippen LogP contribution in [-0.4, -0.2) is 70.1 Å². The Bertz CT molecular complexity index is 1370. The maximum absolute atomic E-state index is 14.1. The van der Waals surface area contributed by atoms with Crippen molar-refractivity contribution in [2.24, 2.45) is 17.3 Å². The molecule has 0 radical (unpaired) electrons. The van der Waals surface area contributed by atoms with Crippen molar-refractivity contribution in [3.05, 3.63) is 23.9 Å². The highest BCUT2D eigenvalue weighted by molar-refractivity contribution is 5.89. The van der Waals surface area contributed by atoms with Crippen molar-refractivity contribution < 1.29 is 28.6 Å². The van der Waals surface area contributed by atoms with Crippen LogP contribution in [0.25, 0.3) is 11.0 Å². The number of hydrogen-bond acceptors (Lipinski definition) is 8. The van der Waals surface area contributed by atoms with Crippen molar-refractivity contribution in [1.29, 1.82) is 0 Å². The molecular formula is C33H44N4O6. The lowest BCUT2D eigenvalue weighted by Crippen LogP contribution is -2.56. The van der Waals surface area contributed by atoms with Crippen molar-refractivity contribution in [1.82, 2.24) is 20.2 Å². The van der Waals surface area contributed by atoms with E-state index in [-0.39, 0.29) is 30.6 Å². The molecule has 232 valence electrons. The molecule has 10 heteroatoms. The van der Waals surface area contributed by atoms with Gasteiger partial charge < -0.3 is 29.2 Å². The first-order valence-electron chi connectivity index (χ1n) is 16.0. The van der Waals surface area contributed by atoms with Crippen molar-refractivity contribution in [2.75, 3.05) is 6.54 Å². The number of nitrogens with zero attached hydrogens (tertiary/aromatic N) is 3. The molecule has 1 aromatic carbocycles. The number of nitrogens with one attached hydrogen (secondary N) is 1. The van der Waals surface area contributed by atoms with Crippen LogP contribution in [0.5, 0.6) is 11.6 Å². The number of carbonyl (C=O) groups is 3. The largest absolute Gasteiger partial charge is 0.490 e. The molecule has 10 nitrogen and oxygen atoms in total. The van der Waals surface area contributed by atoms with E-state index in [1.807, 2.05) is 45.9 Å². The van der Waals surface area contributed by atoms with Crippen molar-refractivity contribution in [3.8, 4) is 11.6 Å². The molecular weight excluding hydrogens is 548 g/mol. The van der Waals surface area contributed by atoms with E-state index in [0.29, 0.717) is 30.2 Å². The maximum atomic E-state index is 14.1. The number of aromatic nitrogens is 2. The summed E-state index contributed by atoms with van der Waals surface area (Å²) in [7, 11) is 0. The van der Waals surface area contributed by atoms with Gasteiger partial charge in [-0.3, -0.25) is 4.79 Å². The molecule has 0 spiro atoms. The monoisotopic (exact) mass is 592 g/mol. The van der Waals surface area contributed by atoms with E-state index in [1.54, 1.807) is 4.90 Å². The van der Waals surface area contributed by atoms with Crippen LogP contribution in [0, 0.1) is 17.3 Å². The number of carbonyl (C=O) groups excluding carboxylic acids is 3. The minimum Gasteiger partial charge on any atom is -0.490 e. The molecule has 0 unspecified atom stereocenters. The Balaban J connectivity index is 1.34. The molecule has 1 aromatic heterocycles. The summed E-state index contributed by atoms with van der Waals surface area (Å²) in [4.78, 5) is 51.0. The zero-order chi connectivity index (χ0) is 30.3. The maximum Gasteiger partial charge on any atom is 0.408 e. The smallest absolute Gasteiger partial charge is 0.408 e. The minimum atomic E-state index is -0.865. The topological polar surface area (TPSA) is 120 Å². The highest BCUT2D eigenvalue weighted by Gasteiger charge is 2.49. The number of fused-ring (bicyclic) bond motifs is 5. The van der Waals surface area contributed by atoms with Crippen LogP contribution in [-0.2, 0) is 20.7 Å². The molecule has 2 amide bonds. The number of alkyl carbamates (subject to hydrolysis) is 1. The summed E-state index contributed by atoms with van der Waals surface area (Å²) in [6.07, 6.45) is 8.25. The molecule has 6 atom stereocenters. The molecule has 2 aliphatic carbocycles. The summed E-state index contributed by atoms with van der Waals surface area (Å²) in [5.74, 6) is 1.02. The first-order chi connectivity index (χ1) is 20.6.